The Labute approximate surface area is 92.7 Å². The summed E-state index contributed by atoms with van der Waals surface area (Å²) in [6.45, 7) is 1.64. The molecule has 2 rings (SSSR count). The third kappa shape index (κ3) is 2.11. The lowest BCUT2D eigenvalue weighted by Crippen LogP contribution is -2.23. The first-order valence-corrected chi connectivity index (χ1v) is 4.91. The van der Waals surface area contributed by atoms with Crippen LogP contribution in [0.1, 0.15) is 13.3 Å². The van der Waals surface area contributed by atoms with Gasteiger partial charge in [-0.05, 0) is 30.7 Å². The molecular formula is C12H10N2O2. The number of hydrogen-bond acceptors (Lipinski definition) is 4. The Morgan fingerprint density at radius 1 is 1.31 bits per heavy atom. The Morgan fingerprint density at radius 3 is 2.81 bits per heavy atom. The summed E-state index contributed by atoms with van der Waals surface area (Å²) < 4.78 is 0. The van der Waals surface area contributed by atoms with Gasteiger partial charge in [0.1, 0.15) is 0 Å². The number of nitrogens with zero attached hydrogens (tertiary/aromatic N) is 2. The summed E-state index contributed by atoms with van der Waals surface area (Å²) in [7, 11) is 0. The summed E-state index contributed by atoms with van der Waals surface area (Å²) >= 11 is 0. The van der Waals surface area contributed by atoms with Gasteiger partial charge in [-0.15, -0.1) is 0 Å². The molecule has 0 radical (unpaired) electrons. The fraction of sp³-hybridized carbons (Fsp3) is 0.167. The molecule has 0 bridgehead atoms. The van der Waals surface area contributed by atoms with Crippen molar-refractivity contribution in [3.63, 3.8) is 0 Å². The van der Waals surface area contributed by atoms with Crippen LogP contribution in [0.5, 0.6) is 0 Å². The quantitative estimate of drug-likeness (QED) is 0.714. The molecule has 0 N–H and O–H groups in total. The molecule has 0 aromatic carbocycles. The molecule has 0 amide bonds. The molecule has 0 saturated carbocycles. The van der Waals surface area contributed by atoms with Crippen molar-refractivity contribution in [1.82, 2.24) is 4.98 Å². The van der Waals surface area contributed by atoms with Gasteiger partial charge in [-0.25, -0.2) is 9.98 Å². The zero-order chi connectivity index (χ0) is 11.5. The lowest BCUT2D eigenvalue weighted by molar-refractivity contribution is -0.116. The molecular weight excluding hydrogens is 204 g/mol. The van der Waals surface area contributed by atoms with Crippen molar-refractivity contribution in [3.05, 3.63) is 36.0 Å². The summed E-state index contributed by atoms with van der Waals surface area (Å²) in [6, 6.07) is 5.24. The summed E-state index contributed by atoms with van der Waals surface area (Å²) in [5.74, 6) is 0.184. The lowest BCUT2D eigenvalue weighted by Gasteiger charge is -2.08. The Bertz CT molecular complexity index is 501. The van der Waals surface area contributed by atoms with Gasteiger partial charge in [0.25, 0.3) is 0 Å². The van der Waals surface area contributed by atoms with E-state index in [1.54, 1.807) is 31.3 Å². The monoisotopic (exact) mass is 214 g/mol. The molecule has 16 heavy (non-hydrogen) atoms. The number of Topliss-reactive ketones (excluding diaryl/α,β-unsaturated/α-hetero) is 1. The molecule has 0 aliphatic heterocycles. The molecule has 0 atom stereocenters. The van der Waals surface area contributed by atoms with Gasteiger partial charge in [0.15, 0.2) is 11.6 Å². The van der Waals surface area contributed by atoms with Gasteiger partial charge in [0.05, 0.1) is 12.1 Å². The standard InChI is InChI=1S/C12H10N2O2/c1-8-6-11(16)9(7-10(8)15)14-12-4-2-3-5-13-12/h2-6H,7H2,1H3. The van der Waals surface area contributed by atoms with Crippen molar-refractivity contribution in [3.8, 4) is 0 Å². The predicted octanol–water partition coefficient (Wildman–Crippen LogP) is 1.64. The van der Waals surface area contributed by atoms with Crippen LogP contribution in [-0.2, 0) is 9.59 Å². The van der Waals surface area contributed by atoms with Crippen LogP contribution >= 0.6 is 0 Å². The number of pyridine rings is 1. The van der Waals surface area contributed by atoms with Gasteiger partial charge in [-0.3, -0.25) is 9.59 Å². The second-order valence-corrected chi connectivity index (χ2v) is 3.54. The highest BCUT2D eigenvalue weighted by molar-refractivity contribution is 6.50. The minimum atomic E-state index is -0.206. The number of carbonyl (C=O) groups is 2. The average Bonchev–Trinajstić information content (AvgIpc) is 2.27. The maximum atomic E-state index is 11.6. The van der Waals surface area contributed by atoms with Crippen molar-refractivity contribution in [2.24, 2.45) is 4.99 Å². The van der Waals surface area contributed by atoms with E-state index >= 15 is 0 Å². The van der Waals surface area contributed by atoms with E-state index in [-0.39, 0.29) is 23.7 Å². The number of allylic oxidation sites excluding steroid dienone is 2. The summed E-state index contributed by atoms with van der Waals surface area (Å²) in [4.78, 5) is 31.0. The van der Waals surface area contributed by atoms with Crippen LogP contribution in [0.25, 0.3) is 0 Å². The molecule has 0 fully saturated rings. The topological polar surface area (TPSA) is 59.4 Å². The third-order valence-corrected chi connectivity index (χ3v) is 2.30. The van der Waals surface area contributed by atoms with E-state index in [4.69, 9.17) is 0 Å². The van der Waals surface area contributed by atoms with E-state index in [0.29, 0.717) is 11.4 Å². The zero-order valence-corrected chi connectivity index (χ0v) is 8.80. The normalized spacial score (nSPS) is 18.8. The number of aromatic nitrogens is 1. The van der Waals surface area contributed by atoms with Crippen LogP contribution in [0.3, 0.4) is 0 Å². The van der Waals surface area contributed by atoms with Crippen molar-refractivity contribution in [1.29, 1.82) is 0 Å². The van der Waals surface area contributed by atoms with Crippen LogP contribution in [-0.4, -0.2) is 22.3 Å². The van der Waals surface area contributed by atoms with Crippen LogP contribution in [0, 0.1) is 0 Å². The van der Waals surface area contributed by atoms with Crippen LogP contribution in [0.4, 0.5) is 5.82 Å². The van der Waals surface area contributed by atoms with Gasteiger partial charge >= 0.3 is 0 Å². The lowest BCUT2D eigenvalue weighted by atomic mass is 9.96. The Morgan fingerprint density at radius 2 is 2.12 bits per heavy atom. The summed E-state index contributed by atoms with van der Waals surface area (Å²) in [5, 5.41) is 0. The largest absolute Gasteiger partial charge is 0.294 e. The Kier molecular flexibility index (Phi) is 2.72. The molecule has 1 aliphatic rings. The second kappa shape index (κ2) is 4.18. The number of ketones is 2. The molecule has 1 heterocycles. The third-order valence-electron chi connectivity index (χ3n) is 2.30. The predicted molar refractivity (Wildman–Crippen MR) is 59.7 cm³/mol. The molecule has 80 valence electrons. The molecule has 4 heteroatoms. The van der Waals surface area contributed by atoms with Crippen molar-refractivity contribution in [2.45, 2.75) is 13.3 Å². The van der Waals surface area contributed by atoms with Gasteiger partial charge in [-0.2, -0.15) is 0 Å². The summed E-state index contributed by atoms with van der Waals surface area (Å²) in [5.41, 5.74) is 0.749. The number of hydrogen-bond donors (Lipinski definition) is 0. The van der Waals surface area contributed by atoms with Gasteiger partial charge < -0.3 is 0 Å². The Balaban J connectivity index is 2.33. The fourth-order valence-electron chi connectivity index (χ4n) is 1.39. The van der Waals surface area contributed by atoms with Crippen molar-refractivity contribution < 1.29 is 9.59 Å². The van der Waals surface area contributed by atoms with Gasteiger partial charge in [-0.1, -0.05) is 6.07 Å². The molecule has 4 nitrogen and oxygen atoms in total. The van der Waals surface area contributed by atoms with E-state index in [1.807, 2.05) is 0 Å². The van der Waals surface area contributed by atoms with Crippen LogP contribution < -0.4 is 0 Å². The zero-order valence-electron chi connectivity index (χ0n) is 8.80. The van der Waals surface area contributed by atoms with Crippen LogP contribution in [0.15, 0.2) is 41.0 Å². The van der Waals surface area contributed by atoms with E-state index in [9.17, 15) is 9.59 Å². The smallest absolute Gasteiger partial charge is 0.200 e. The van der Waals surface area contributed by atoms with E-state index in [0.717, 1.165) is 0 Å². The molecule has 1 aliphatic carbocycles. The van der Waals surface area contributed by atoms with E-state index in [1.165, 1.54) is 6.08 Å². The van der Waals surface area contributed by atoms with E-state index in [2.05, 4.69) is 9.98 Å². The van der Waals surface area contributed by atoms with E-state index < -0.39 is 0 Å². The highest BCUT2D eigenvalue weighted by Crippen LogP contribution is 2.13. The van der Waals surface area contributed by atoms with Gasteiger partial charge in [0.2, 0.25) is 5.78 Å². The highest BCUT2D eigenvalue weighted by Gasteiger charge is 2.21. The first kappa shape index (κ1) is 10.4. The number of rotatable bonds is 1. The van der Waals surface area contributed by atoms with Crippen molar-refractivity contribution >= 4 is 23.1 Å². The average molecular weight is 214 g/mol. The molecule has 0 saturated heterocycles. The molecule has 1 aromatic rings. The minimum Gasteiger partial charge on any atom is -0.294 e. The maximum absolute atomic E-state index is 11.6. The molecule has 0 spiro atoms. The van der Waals surface area contributed by atoms with Crippen molar-refractivity contribution in [2.75, 3.05) is 0 Å². The summed E-state index contributed by atoms with van der Waals surface area (Å²) in [6.07, 6.45) is 2.99. The highest BCUT2D eigenvalue weighted by atomic mass is 16.1. The SMILES string of the molecule is CC1=CC(=O)C(=Nc2ccccn2)CC1=O. The van der Waals surface area contributed by atoms with Crippen LogP contribution in [0.2, 0.25) is 0 Å². The number of carbonyl (C=O) groups excluding carboxylic acids is 2. The first-order chi connectivity index (χ1) is 7.66. The maximum Gasteiger partial charge on any atom is 0.200 e. The molecule has 1 aromatic heterocycles. The Hall–Kier alpha value is -2.10. The second-order valence-electron chi connectivity index (χ2n) is 3.54. The molecule has 0 unspecified atom stereocenters. The van der Waals surface area contributed by atoms with Gasteiger partial charge in [0, 0.05) is 6.20 Å². The number of aliphatic imine (C=N–C) groups is 1. The fourth-order valence-corrected chi connectivity index (χ4v) is 1.39. The minimum absolute atomic E-state index is 0.0609. The first-order valence-electron chi connectivity index (χ1n) is 4.91.